The van der Waals surface area contributed by atoms with Gasteiger partial charge in [0, 0.05) is 17.8 Å². The van der Waals surface area contributed by atoms with Crippen molar-refractivity contribution in [2.45, 2.75) is 38.3 Å². The Bertz CT molecular complexity index is 1050. The second-order valence-electron chi connectivity index (χ2n) is 6.92. The largest absolute Gasteiger partial charge is 0.324 e. The summed E-state index contributed by atoms with van der Waals surface area (Å²) in [5.41, 5.74) is 1.96. The fourth-order valence-corrected chi connectivity index (χ4v) is 4.28. The van der Waals surface area contributed by atoms with Crippen molar-refractivity contribution in [2.75, 3.05) is 5.32 Å². The number of rotatable bonds is 7. The average Bonchev–Trinajstić information content (AvgIpc) is 3.32. The molecule has 2 aromatic heterocycles. The van der Waals surface area contributed by atoms with Gasteiger partial charge in [-0.05, 0) is 62.4 Å². The van der Waals surface area contributed by atoms with E-state index in [1.54, 1.807) is 16.9 Å². The van der Waals surface area contributed by atoms with Crippen LogP contribution in [0.5, 0.6) is 0 Å². The first-order valence-corrected chi connectivity index (χ1v) is 10.6. The molecule has 0 aliphatic heterocycles. The lowest BCUT2D eigenvalue weighted by Gasteiger charge is -2.10. The molecule has 0 bridgehead atoms. The molecule has 1 fully saturated rings. The van der Waals surface area contributed by atoms with E-state index in [1.807, 2.05) is 24.4 Å². The zero-order chi connectivity index (χ0) is 20.5. The van der Waals surface area contributed by atoms with Crippen LogP contribution in [0, 0.1) is 0 Å². The number of carbonyl (C=O) groups excluding carboxylic acids is 1. The highest BCUT2D eigenvalue weighted by molar-refractivity contribution is 9.10. The van der Waals surface area contributed by atoms with Crippen LogP contribution in [0.25, 0.3) is 0 Å². The molecule has 1 aliphatic carbocycles. The fraction of sp³-hybridized carbons (Fsp3) is 0.316. The normalized spacial score (nSPS) is 13.8. The molecule has 1 amide bonds. The number of nitrogens with one attached hydrogen (secondary N) is 1. The summed E-state index contributed by atoms with van der Waals surface area (Å²) in [5.74, 6) is -0.143. The van der Waals surface area contributed by atoms with Crippen LogP contribution in [-0.2, 0) is 17.9 Å². The first-order chi connectivity index (χ1) is 13.9. The third-order valence-corrected chi connectivity index (χ3v) is 5.80. The van der Waals surface area contributed by atoms with E-state index in [1.165, 1.54) is 4.68 Å². The van der Waals surface area contributed by atoms with Crippen LogP contribution in [0.15, 0.2) is 45.6 Å². The third kappa shape index (κ3) is 4.75. The number of carbonyl (C=O) groups is 1. The zero-order valence-corrected chi connectivity index (χ0v) is 18.3. The van der Waals surface area contributed by atoms with E-state index in [9.17, 15) is 13.6 Å². The number of hydrogen-bond donors (Lipinski definition) is 1. The molecule has 1 N–H and O–H groups in total. The van der Waals surface area contributed by atoms with Crippen LogP contribution in [0.2, 0.25) is 0 Å². The first-order valence-electron chi connectivity index (χ1n) is 9.01. The highest BCUT2D eigenvalue weighted by atomic mass is 79.9. The molecule has 2 heterocycles. The Labute approximate surface area is 182 Å². The Morgan fingerprint density at radius 3 is 2.76 bits per heavy atom. The highest BCUT2D eigenvalue weighted by Crippen LogP contribution is 2.45. The van der Waals surface area contributed by atoms with Gasteiger partial charge in [-0.2, -0.15) is 10.2 Å². The monoisotopic (exact) mass is 527 g/mol. The summed E-state index contributed by atoms with van der Waals surface area (Å²) in [6, 6.07) is 7.43. The van der Waals surface area contributed by atoms with E-state index in [0.717, 1.165) is 22.9 Å². The van der Waals surface area contributed by atoms with Gasteiger partial charge in [0.05, 0.1) is 27.4 Å². The number of aromatic nitrogens is 4. The molecule has 3 aromatic rings. The minimum absolute atomic E-state index is 0.118. The Kier molecular flexibility index (Phi) is 5.82. The lowest BCUT2D eigenvalue weighted by Crippen LogP contribution is -2.21. The zero-order valence-electron chi connectivity index (χ0n) is 15.2. The second kappa shape index (κ2) is 8.35. The van der Waals surface area contributed by atoms with Crippen molar-refractivity contribution >= 4 is 43.5 Å². The third-order valence-electron chi connectivity index (χ3n) is 4.58. The maximum Gasteiger partial charge on any atom is 0.283 e. The molecule has 0 unspecified atom stereocenters. The standard InChI is InChI=1S/C19H17Br2F2N5O/c20-13-7-24-27(9-13)8-11-2-1-3-14(6-11)25-15(29)10-28-18(12-4-5-12)16(21)17(26-28)19(22)23/h1-3,6-7,9,12,19H,4-5,8,10H2,(H,25,29). The number of hydrogen-bond acceptors (Lipinski definition) is 3. The summed E-state index contributed by atoms with van der Waals surface area (Å²) in [6.45, 7) is 0.443. The molecule has 1 aromatic carbocycles. The van der Waals surface area contributed by atoms with Crippen molar-refractivity contribution in [1.29, 1.82) is 0 Å². The highest BCUT2D eigenvalue weighted by Gasteiger charge is 2.34. The number of alkyl halides is 2. The van der Waals surface area contributed by atoms with Crippen molar-refractivity contribution in [2.24, 2.45) is 0 Å². The van der Waals surface area contributed by atoms with Crippen molar-refractivity contribution in [3.8, 4) is 0 Å². The predicted molar refractivity (Wildman–Crippen MR) is 111 cm³/mol. The van der Waals surface area contributed by atoms with Gasteiger partial charge in [0.2, 0.25) is 5.91 Å². The van der Waals surface area contributed by atoms with E-state index >= 15 is 0 Å². The molecule has 0 atom stereocenters. The van der Waals surface area contributed by atoms with E-state index in [2.05, 4.69) is 47.4 Å². The summed E-state index contributed by atoms with van der Waals surface area (Å²) in [5, 5.41) is 11.0. The van der Waals surface area contributed by atoms with E-state index < -0.39 is 6.43 Å². The van der Waals surface area contributed by atoms with Gasteiger partial charge in [-0.1, -0.05) is 12.1 Å². The van der Waals surface area contributed by atoms with Gasteiger partial charge in [-0.3, -0.25) is 14.2 Å². The quantitative estimate of drug-likeness (QED) is 0.463. The minimum atomic E-state index is -2.69. The van der Waals surface area contributed by atoms with Gasteiger partial charge in [-0.25, -0.2) is 8.78 Å². The van der Waals surface area contributed by atoms with Gasteiger partial charge in [-0.15, -0.1) is 0 Å². The summed E-state index contributed by atoms with van der Waals surface area (Å²) in [6.07, 6.45) is 2.71. The van der Waals surface area contributed by atoms with Crippen molar-refractivity contribution in [3.05, 3.63) is 62.6 Å². The van der Waals surface area contributed by atoms with Crippen molar-refractivity contribution in [1.82, 2.24) is 19.6 Å². The second-order valence-corrected chi connectivity index (χ2v) is 8.63. The van der Waals surface area contributed by atoms with Crippen LogP contribution < -0.4 is 5.32 Å². The summed E-state index contributed by atoms with van der Waals surface area (Å²) in [7, 11) is 0. The van der Waals surface area contributed by atoms with Gasteiger partial charge in [0.1, 0.15) is 12.2 Å². The van der Waals surface area contributed by atoms with Crippen molar-refractivity contribution < 1.29 is 13.6 Å². The molecule has 1 saturated carbocycles. The lowest BCUT2D eigenvalue weighted by atomic mass is 10.2. The summed E-state index contributed by atoms with van der Waals surface area (Å²) >= 11 is 6.60. The molecule has 0 saturated heterocycles. The van der Waals surface area contributed by atoms with Gasteiger partial charge < -0.3 is 5.32 Å². The lowest BCUT2D eigenvalue weighted by molar-refractivity contribution is -0.117. The maximum atomic E-state index is 13.2. The van der Waals surface area contributed by atoms with Crippen LogP contribution >= 0.6 is 31.9 Å². The molecule has 1 aliphatic rings. The number of halogens is 4. The van der Waals surface area contributed by atoms with Gasteiger partial charge >= 0.3 is 0 Å². The number of anilines is 1. The molecule has 4 rings (SSSR count). The predicted octanol–water partition coefficient (Wildman–Crippen LogP) is 5.11. The molecule has 10 heteroatoms. The van der Waals surface area contributed by atoms with E-state index in [4.69, 9.17) is 0 Å². The van der Waals surface area contributed by atoms with Crippen LogP contribution in [-0.4, -0.2) is 25.5 Å². The molecule has 152 valence electrons. The molecule has 0 radical (unpaired) electrons. The van der Waals surface area contributed by atoms with Gasteiger partial charge in [0.25, 0.3) is 6.43 Å². The Morgan fingerprint density at radius 1 is 1.31 bits per heavy atom. The number of amides is 1. The fourth-order valence-electron chi connectivity index (χ4n) is 3.17. The van der Waals surface area contributed by atoms with Crippen molar-refractivity contribution in [3.63, 3.8) is 0 Å². The molecule has 0 spiro atoms. The van der Waals surface area contributed by atoms with Crippen LogP contribution in [0.1, 0.15) is 42.1 Å². The number of benzene rings is 1. The Morgan fingerprint density at radius 2 is 2.10 bits per heavy atom. The number of nitrogens with zero attached hydrogens (tertiary/aromatic N) is 4. The minimum Gasteiger partial charge on any atom is -0.324 e. The molecule has 6 nitrogen and oxygen atoms in total. The van der Waals surface area contributed by atoms with E-state index in [0.29, 0.717) is 22.4 Å². The Hall–Kier alpha value is -2.07. The van der Waals surface area contributed by atoms with Gasteiger partial charge in [0.15, 0.2) is 0 Å². The topological polar surface area (TPSA) is 64.7 Å². The molecular weight excluding hydrogens is 512 g/mol. The molecule has 29 heavy (non-hydrogen) atoms. The Balaban J connectivity index is 1.46. The van der Waals surface area contributed by atoms with Crippen LogP contribution in [0.3, 0.4) is 0 Å². The molecular formula is C19H17Br2F2N5O. The smallest absolute Gasteiger partial charge is 0.283 e. The van der Waals surface area contributed by atoms with E-state index in [-0.39, 0.29) is 24.1 Å². The SMILES string of the molecule is O=C(Cn1nc(C(F)F)c(Br)c1C1CC1)Nc1cccc(Cn2cc(Br)cn2)c1. The first kappa shape index (κ1) is 20.2. The summed E-state index contributed by atoms with van der Waals surface area (Å²) in [4.78, 5) is 12.5. The summed E-state index contributed by atoms with van der Waals surface area (Å²) < 4.78 is 30.8. The van der Waals surface area contributed by atoms with Crippen LogP contribution in [0.4, 0.5) is 14.5 Å². The average molecular weight is 529 g/mol. The maximum absolute atomic E-state index is 13.2.